The first-order valence-electron chi connectivity index (χ1n) is 7.39. The lowest BCUT2D eigenvalue weighted by Crippen LogP contribution is -2.36. The standard InChI is InChI=1S/C18H15N3O3/c1-12(22)20(13(2)23)17-15-10-6-7-11-16(15)18(24)21(19-17)14-8-4-3-5-9-14/h3-11H,1-2H3. The van der Waals surface area contributed by atoms with Crippen LogP contribution in [0, 0.1) is 0 Å². The van der Waals surface area contributed by atoms with Crippen LogP contribution in [-0.4, -0.2) is 21.6 Å². The Morgan fingerprint density at radius 3 is 2.00 bits per heavy atom. The van der Waals surface area contributed by atoms with Crippen molar-refractivity contribution in [3.63, 3.8) is 0 Å². The van der Waals surface area contributed by atoms with Gasteiger partial charge in [0.15, 0.2) is 5.82 Å². The summed E-state index contributed by atoms with van der Waals surface area (Å²) < 4.78 is 1.20. The molecule has 0 aliphatic heterocycles. The molecule has 0 saturated carbocycles. The van der Waals surface area contributed by atoms with E-state index in [1.54, 1.807) is 48.5 Å². The molecule has 0 bridgehead atoms. The molecule has 0 N–H and O–H groups in total. The molecule has 2 amide bonds. The second-order valence-corrected chi connectivity index (χ2v) is 5.30. The average molecular weight is 321 g/mol. The van der Waals surface area contributed by atoms with Gasteiger partial charge in [0.2, 0.25) is 11.8 Å². The van der Waals surface area contributed by atoms with Gasteiger partial charge in [-0.1, -0.05) is 36.4 Å². The van der Waals surface area contributed by atoms with E-state index < -0.39 is 11.8 Å². The van der Waals surface area contributed by atoms with Crippen molar-refractivity contribution in [1.82, 2.24) is 9.78 Å². The number of hydrogen-bond donors (Lipinski definition) is 0. The number of rotatable bonds is 2. The molecule has 0 radical (unpaired) electrons. The van der Waals surface area contributed by atoms with Crippen LogP contribution in [0.1, 0.15) is 13.8 Å². The van der Waals surface area contributed by atoms with E-state index >= 15 is 0 Å². The van der Waals surface area contributed by atoms with E-state index in [1.807, 2.05) is 6.07 Å². The lowest BCUT2D eigenvalue weighted by atomic mass is 10.1. The molecule has 2 aromatic carbocycles. The van der Waals surface area contributed by atoms with E-state index in [9.17, 15) is 14.4 Å². The predicted molar refractivity (Wildman–Crippen MR) is 91.2 cm³/mol. The number of imide groups is 1. The van der Waals surface area contributed by atoms with Gasteiger partial charge in [0.05, 0.1) is 11.1 Å². The summed E-state index contributed by atoms with van der Waals surface area (Å²) in [5, 5.41) is 5.15. The Hall–Kier alpha value is -3.28. The summed E-state index contributed by atoms with van der Waals surface area (Å²) in [5.41, 5.74) is 0.245. The highest BCUT2D eigenvalue weighted by atomic mass is 16.2. The molecule has 120 valence electrons. The Bertz CT molecular complexity index is 979. The van der Waals surface area contributed by atoms with Gasteiger partial charge in [0, 0.05) is 19.2 Å². The number of hydrogen-bond acceptors (Lipinski definition) is 4. The van der Waals surface area contributed by atoms with Gasteiger partial charge in [-0.15, -0.1) is 5.10 Å². The molecule has 0 saturated heterocycles. The Morgan fingerprint density at radius 1 is 0.875 bits per heavy atom. The van der Waals surface area contributed by atoms with Gasteiger partial charge in [-0.3, -0.25) is 14.4 Å². The van der Waals surface area contributed by atoms with Crippen LogP contribution in [0.4, 0.5) is 5.82 Å². The topological polar surface area (TPSA) is 72.3 Å². The molecule has 0 atom stereocenters. The number of nitrogens with zero attached hydrogens (tertiary/aromatic N) is 3. The predicted octanol–water partition coefficient (Wildman–Crippen LogP) is 2.29. The average Bonchev–Trinajstić information content (AvgIpc) is 2.57. The molecule has 0 fully saturated rings. The van der Waals surface area contributed by atoms with Crippen molar-refractivity contribution in [1.29, 1.82) is 0 Å². The van der Waals surface area contributed by atoms with Crippen LogP contribution in [-0.2, 0) is 9.59 Å². The van der Waals surface area contributed by atoms with Crippen molar-refractivity contribution in [3.8, 4) is 5.69 Å². The van der Waals surface area contributed by atoms with Crippen molar-refractivity contribution < 1.29 is 9.59 Å². The van der Waals surface area contributed by atoms with Gasteiger partial charge >= 0.3 is 0 Å². The molecule has 6 heteroatoms. The second-order valence-electron chi connectivity index (χ2n) is 5.30. The molecule has 0 unspecified atom stereocenters. The Balaban J connectivity index is 2.41. The Labute approximate surface area is 137 Å². The largest absolute Gasteiger partial charge is 0.279 e. The van der Waals surface area contributed by atoms with Crippen LogP contribution in [0.25, 0.3) is 16.5 Å². The first-order chi connectivity index (χ1) is 11.5. The van der Waals surface area contributed by atoms with Crippen LogP contribution in [0.2, 0.25) is 0 Å². The quantitative estimate of drug-likeness (QED) is 0.726. The fourth-order valence-corrected chi connectivity index (χ4v) is 2.60. The van der Waals surface area contributed by atoms with E-state index in [-0.39, 0.29) is 11.4 Å². The van der Waals surface area contributed by atoms with Crippen molar-refractivity contribution in [2.45, 2.75) is 13.8 Å². The monoisotopic (exact) mass is 321 g/mol. The van der Waals surface area contributed by atoms with Crippen LogP contribution in [0.5, 0.6) is 0 Å². The molecule has 3 rings (SSSR count). The van der Waals surface area contributed by atoms with Gasteiger partial charge in [0.25, 0.3) is 5.56 Å². The van der Waals surface area contributed by atoms with E-state index in [0.717, 1.165) is 4.90 Å². The SMILES string of the molecule is CC(=O)N(C(C)=O)c1nn(-c2ccccc2)c(=O)c2ccccc12. The van der Waals surface area contributed by atoms with E-state index in [0.29, 0.717) is 16.5 Å². The van der Waals surface area contributed by atoms with Crippen molar-refractivity contribution in [3.05, 3.63) is 65.0 Å². The minimum absolute atomic E-state index is 0.147. The second kappa shape index (κ2) is 6.08. The number of fused-ring (bicyclic) bond motifs is 1. The zero-order valence-electron chi connectivity index (χ0n) is 13.3. The third kappa shape index (κ3) is 2.58. The van der Waals surface area contributed by atoms with Gasteiger partial charge in [-0.25, -0.2) is 4.90 Å². The maximum atomic E-state index is 12.8. The fraction of sp³-hybridized carbons (Fsp3) is 0.111. The summed E-state index contributed by atoms with van der Waals surface area (Å²) in [6.07, 6.45) is 0. The maximum absolute atomic E-state index is 12.8. The summed E-state index contributed by atoms with van der Waals surface area (Å²) in [6, 6.07) is 15.7. The lowest BCUT2D eigenvalue weighted by molar-refractivity contribution is -0.124. The summed E-state index contributed by atoms with van der Waals surface area (Å²) in [6.45, 7) is 2.58. The van der Waals surface area contributed by atoms with Crippen molar-refractivity contribution in [2.24, 2.45) is 0 Å². The molecule has 6 nitrogen and oxygen atoms in total. The molecular weight excluding hydrogens is 306 g/mol. The number of amides is 2. The number of anilines is 1. The highest BCUT2D eigenvalue weighted by molar-refractivity contribution is 6.16. The zero-order valence-corrected chi connectivity index (χ0v) is 13.3. The first-order valence-corrected chi connectivity index (χ1v) is 7.39. The third-order valence-electron chi connectivity index (χ3n) is 3.63. The summed E-state index contributed by atoms with van der Waals surface area (Å²) in [7, 11) is 0. The summed E-state index contributed by atoms with van der Waals surface area (Å²) in [5.74, 6) is -0.772. The van der Waals surface area contributed by atoms with Gasteiger partial charge < -0.3 is 0 Å². The van der Waals surface area contributed by atoms with E-state index in [1.165, 1.54) is 18.5 Å². The Kier molecular flexibility index (Phi) is 3.95. The minimum Gasteiger partial charge on any atom is -0.274 e. The molecular formula is C18H15N3O3. The molecule has 1 aromatic heterocycles. The fourth-order valence-electron chi connectivity index (χ4n) is 2.60. The Morgan fingerprint density at radius 2 is 1.42 bits per heavy atom. The van der Waals surface area contributed by atoms with E-state index in [2.05, 4.69) is 5.10 Å². The van der Waals surface area contributed by atoms with Gasteiger partial charge in [-0.2, -0.15) is 4.68 Å². The van der Waals surface area contributed by atoms with Crippen molar-refractivity contribution in [2.75, 3.05) is 4.90 Å². The summed E-state index contributed by atoms with van der Waals surface area (Å²) in [4.78, 5) is 37.6. The third-order valence-corrected chi connectivity index (χ3v) is 3.63. The molecule has 0 aliphatic carbocycles. The lowest BCUT2D eigenvalue weighted by Gasteiger charge is -2.19. The van der Waals surface area contributed by atoms with Gasteiger partial charge in [0.1, 0.15) is 0 Å². The zero-order chi connectivity index (χ0) is 17.3. The highest BCUT2D eigenvalue weighted by Gasteiger charge is 2.23. The molecule has 24 heavy (non-hydrogen) atoms. The maximum Gasteiger partial charge on any atom is 0.279 e. The smallest absolute Gasteiger partial charge is 0.274 e. The summed E-state index contributed by atoms with van der Waals surface area (Å²) >= 11 is 0. The number of aromatic nitrogens is 2. The van der Waals surface area contributed by atoms with Crippen LogP contribution < -0.4 is 10.5 Å². The number of para-hydroxylation sites is 1. The van der Waals surface area contributed by atoms with E-state index in [4.69, 9.17) is 0 Å². The first kappa shape index (κ1) is 15.6. The number of carbonyl (C=O) groups excluding carboxylic acids is 2. The highest BCUT2D eigenvalue weighted by Crippen LogP contribution is 2.23. The van der Waals surface area contributed by atoms with Crippen molar-refractivity contribution >= 4 is 28.4 Å². The normalized spacial score (nSPS) is 10.6. The molecule has 1 heterocycles. The number of carbonyl (C=O) groups is 2. The van der Waals surface area contributed by atoms with Gasteiger partial charge in [-0.05, 0) is 18.2 Å². The van der Waals surface area contributed by atoms with Crippen LogP contribution >= 0.6 is 0 Å². The number of benzene rings is 2. The molecule has 0 spiro atoms. The molecule has 3 aromatic rings. The molecule has 0 aliphatic rings. The van der Waals surface area contributed by atoms with Crippen LogP contribution in [0.3, 0.4) is 0 Å². The van der Waals surface area contributed by atoms with Crippen LogP contribution in [0.15, 0.2) is 59.4 Å². The minimum atomic E-state index is -0.460.